The molecule has 0 bridgehead atoms. The summed E-state index contributed by atoms with van der Waals surface area (Å²) in [5, 5.41) is 55.3. The minimum Gasteiger partial charge on any atom is -0.492 e. The SMILES string of the molecule is CC[C@H]1OC(=O)[C@H](C)[C@@H](O[C@H]2C[C@@](C)(OC)[C@@H](O)[C@H](C)O2)[C@H](C)[C@@H](O[C@@H]2O[C@H](C)C[C@H](N(C)CCc3cn(CCOc4cccc(C(C)=O)c4)nn3)[C@H]2O)[C@](C)(OC)C[C@@H](C)C(=O)[C@H](C)[C@@H](O)[C@]1(C)O. The van der Waals surface area contributed by atoms with Gasteiger partial charge >= 0.3 is 5.97 Å². The number of ketones is 2. The third-order valence-electron chi connectivity index (χ3n) is 15.3. The molecule has 0 saturated carbocycles. The summed E-state index contributed by atoms with van der Waals surface area (Å²) in [5.41, 5.74) is -3.09. The number of Topliss-reactive ketones (excluding diaryl/α,β-unsaturated/α-hetero) is 2. The Balaban J connectivity index is 1.42. The van der Waals surface area contributed by atoms with E-state index in [0.29, 0.717) is 43.9 Å². The van der Waals surface area contributed by atoms with Crippen LogP contribution in [0.15, 0.2) is 30.5 Å². The van der Waals surface area contributed by atoms with E-state index in [-0.39, 0.29) is 36.9 Å². The van der Waals surface area contributed by atoms with Crippen molar-refractivity contribution >= 4 is 17.5 Å². The number of hydrogen-bond acceptors (Lipinski definition) is 18. The lowest BCUT2D eigenvalue weighted by Crippen LogP contribution is -2.61. The molecule has 19 heteroatoms. The lowest BCUT2D eigenvalue weighted by atomic mass is 9.74. The highest BCUT2D eigenvalue weighted by Gasteiger charge is 2.54. The van der Waals surface area contributed by atoms with Gasteiger partial charge in [0.2, 0.25) is 0 Å². The van der Waals surface area contributed by atoms with Gasteiger partial charge < -0.3 is 63.2 Å². The number of carbonyl (C=O) groups is 3. The minimum atomic E-state index is -2.00. The van der Waals surface area contributed by atoms with Gasteiger partial charge in [0.25, 0.3) is 0 Å². The second-order valence-corrected chi connectivity index (χ2v) is 20.8. The number of carbonyl (C=O) groups excluding carboxylic acids is 3. The molecule has 396 valence electrons. The maximum atomic E-state index is 14.4. The number of likely N-dealkylation sites (N-methyl/N-ethyl adjacent to an activating group) is 1. The van der Waals surface area contributed by atoms with Gasteiger partial charge in [-0.05, 0) is 86.9 Å². The number of aromatic nitrogens is 3. The Kier molecular flexibility index (Phi) is 19.7. The maximum absolute atomic E-state index is 14.4. The average Bonchev–Trinajstić information content (AvgIpc) is 3.79. The van der Waals surface area contributed by atoms with Gasteiger partial charge in [-0.3, -0.25) is 14.4 Å². The molecule has 3 fully saturated rings. The van der Waals surface area contributed by atoms with Gasteiger partial charge in [-0.2, -0.15) is 0 Å². The summed E-state index contributed by atoms with van der Waals surface area (Å²) in [6.45, 7) is 19.7. The fourth-order valence-electron chi connectivity index (χ4n) is 10.6. The lowest BCUT2D eigenvalue weighted by molar-refractivity contribution is -0.319. The highest BCUT2D eigenvalue weighted by Crippen LogP contribution is 2.42. The quantitative estimate of drug-likeness (QED) is 0.138. The van der Waals surface area contributed by atoms with E-state index in [1.807, 2.05) is 32.0 Å². The van der Waals surface area contributed by atoms with E-state index < -0.39 is 108 Å². The molecule has 3 aliphatic heterocycles. The van der Waals surface area contributed by atoms with Crippen LogP contribution in [0.4, 0.5) is 0 Å². The number of nitrogens with zero attached hydrogens (tertiary/aromatic N) is 4. The molecule has 1 aromatic carbocycles. The van der Waals surface area contributed by atoms with Gasteiger partial charge in [-0.1, -0.05) is 45.0 Å². The van der Waals surface area contributed by atoms with Crippen LogP contribution >= 0.6 is 0 Å². The minimum absolute atomic E-state index is 0.0421. The van der Waals surface area contributed by atoms with Crippen LogP contribution < -0.4 is 4.74 Å². The van der Waals surface area contributed by atoms with Crippen LogP contribution in [0.1, 0.15) is 118 Å². The Hall–Kier alpha value is -3.47. The van der Waals surface area contributed by atoms with E-state index in [4.69, 9.17) is 37.9 Å². The van der Waals surface area contributed by atoms with E-state index in [0.717, 1.165) is 5.69 Å². The predicted molar refractivity (Wildman–Crippen MR) is 256 cm³/mol. The number of rotatable bonds is 16. The van der Waals surface area contributed by atoms with Crippen LogP contribution in [-0.2, 0) is 55.7 Å². The zero-order valence-electron chi connectivity index (χ0n) is 43.8. The molecule has 70 heavy (non-hydrogen) atoms. The molecule has 1 aromatic heterocycles. The van der Waals surface area contributed by atoms with E-state index >= 15 is 0 Å². The van der Waals surface area contributed by atoms with Crippen molar-refractivity contribution in [2.24, 2.45) is 23.7 Å². The van der Waals surface area contributed by atoms with Crippen LogP contribution in [-0.4, -0.2) is 177 Å². The number of esters is 1. The summed E-state index contributed by atoms with van der Waals surface area (Å²) in [6, 6.07) is 6.58. The predicted octanol–water partition coefficient (Wildman–Crippen LogP) is 3.93. The maximum Gasteiger partial charge on any atom is 0.311 e. The van der Waals surface area contributed by atoms with Crippen LogP contribution in [0.5, 0.6) is 5.75 Å². The fraction of sp³-hybridized carbons (Fsp3) is 0.784. The summed E-state index contributed by atoms with van der Waals surface area (Å²) in [5.74, 6) is -4.21. The Morgan fingerprint density at radius 2 is 1.63 bits per heavy atom. The van der Waals surface area contributed by atoms with Crippen LogP contribution in [0.3, 0.4) is 0 Å². The van der Waals surface area contributed by atoms with Crippen molar-refractivity contribution in [2.45, 2.75) is 199 Å². The smallest absolute Gasteiger partial charge is 0.311 e. The molecule has 2 aromatic rings. The van der Waals surface area contributed by atoms with Crippen molar-refractivity contribution in [2.75, 3.05) is 34.4 Å². The first-order chi connectivity index (χ1) is 32.8. The van der Waals surface area contributed by atoms with E-state index in [1.54, 1.807) is 77.4 Å². The highest BCUT2D eigenvalue weighted by molar-refractivity contribution is 5.94. The number of benzene rings is 1. The molecular weight excluding hydrogens is 909 g/mol. The first-order valence-corrected chi connectivity index (χ1v) is 24.9. The summed E-state index contributed by atoms with van der Waals surface area (Å²) in [7, 11) is 4.91. The van der Waals surface area contributed by atoms with Crippen LogP contribution in [0, 0.1) is 23.7 Å². The second-order valence-electron chi connectivity index (χ2n) is 20.8. The fourth-order valence-corrected chi connectivity index (χ4v) is 10.6. The van der Waals surface area contributed by atoms with Gasteiger partial charge in [-0.25, -0.2) is 4.68 Å². The Morgan fingerprint density at radius 3 is 2.27 bits per heavy atom. The molecule has 0 amide bonds. The molecule has 3 saturated heterocycles. The molecule has 3 aliphatic rings. The van der Waals surface area contributed by atoms with Gasteiger partial charge in [-0.15, -0.1) is 5.10 Å². The zero-order chi connectivity index (χ0) is 52.0. The standard InChI is InChI=1S/C51H82N4O15/c1-15-39-51(11,62)44(59)30(4)41(57)28(2)25-50(10,64-14)46(31(5)43(32(6)47(61)68-39)69-40-26-49(9,63-13)45(60)34(8)67-40)70-48-42(58)38(23-29(3)66-48)54(12)20-19-36-27-55(53-52-36)21-22-65-37-18-16-17-35(24-37)33(7)56/h16-18,24,27-32,34,38-40,42-46,48,58-60,62H,15,19-23,25-26H2,1-14H3/t28-,29-,30+,31+,32-,34+,38+,39-,40+,42-,43+,44-,45+,46-,48+,49-,50-,51-/m1/s1. The summed E-state index contributed by atoms with van der Waals surface area (Å²) in [6.07, 6.45) is -7.29. The zero-order valence-corrected chi connectivity index (χ0v) is 43.8. The van der Waals surface area contributed by atoms with Crippen molar-refractivity contribution in [3.8, 4) is 5.75 Å². The molecular formula is C51H82N4O15. The second kappa shape index (κ2) is 24.0. The number of hydrogen-bond donors (Lipinski definition) is 4. The molecule has 4 heterocycles. The van der Waals surface area contributed by atoms with Crippen molar-refractivity contribution in [1.29, 1.82) is 0 Å². The molecule has 0 unspecified atom stereocenters. The van der Waals surface area contributed by atoms with Crippen LogP contribution in [0.25, 0.3) is 0 Å². The van der Waals surface area contributed by atoms with Crippen molar-refractivity contribution in [3.63, 3.8) is 0 Å². The van der Waals surface area contributed by atoms with E-state index in [1.165, 1.54) is 28.1 Å². The Morgan fingerprint density at radius 1 is 0.943 bits per heavy atom. The largest absolute Gasteiger partial charge is 0.492 e. The van der Waals surface area contributed by atoms with E-state index in [9.17, 15) is 34.8 Å². The topological polar surface area (TPSA) is 240 Å². The third-order valence-corrected chi connectivity index (χ3v) is 15.3. The van der Waals surface area contributed by atoms with Gasteiger partial charge in [0.15, 0.2) is 18.4 Å². The average molecular weight is 991 g/mol. The number of aliphatic hydroxyl groups excluding tert-OH is 3. The Labute approximate surface area is 413 Å². The first-order valence-electron chi connectivity index (χ1n) is 24.9. The third kappa shape index (κ3) is 13.2. The Bertz CT molecular complexity index is 2040. The number of aliphatic hydroxyl groups is 4. The molecule has 4 N–H and O–H groups in total. The summed E-state index contributed by atoms with van der Waals surface area (Å²) < 4.78 is 52.2. The summed E-state index contributed by atoms with van der Waals surface area (Å²) >= 11 is 0. The van der Waals surface area contributed by atoms with Gasteiger partial charge in [0, 0.05) is 69.2 Å². The number of ether oxygens (including phenoxy) is 8. The molecule has 5 rings (SSSR count). The first kappa shape index (κ1) is 57.4. The van der Waals surface area contributed by atoms with Crippen molar-refractivity contribution in [1.82, 2.24) is 19.9 Å². The van der Waals surface area contributed by atoms with Crippen molar-refractivity contribution < 1.29 is 72.7 Å². The highest BCUT2D eigenvalue weighted by atomic mass is 16.7. The van der Waals surface area contributed by atoms with Gasteiger partial charge in [0.1, 0.15) is 42.1 Å². The molecule has 0 aliphatic carbocycles. The number of methoxy groups -OCH3 is 2. The van der Waals surface area contributed by atoms with Crippen molar-refractivity contribution in [3.05, 3.63) is 41.7 Å². The molecule has 0 radical (unpaired) electrons. The van der Waals surface area contributed by atoms with Gasteiger partial charge in [0.05, 0.1) is 59.9 Å². The van der Waals surface area contributed by atoms with E-state index in [2.05, 4.69) is 10.3 Å². The number of cyclic esters (lactones) is 1. The summed E-state index contributed by atoms with van der Waals surface area (Å²) in [4.78, 5) is 42.5. The normalized spacial score (nSPS) is 39.3. The molecule has 19 nitrogen and oxygen atoms in total. The monoisotopic (exact) mass is 991 g/mol. The molecule has 18 atom stereocenters. The van der Waals surface area contributed by atoms with Crippen LogP contribution in [0.2, 0.25) is 0 Å². The molecule has 0 spiro atoms. The lowest BCUT2D eigenvalue weighted by Gasteiger charge is -2.50.